The summed E-state index contributed by atoms with van der Waals surface area (Å²) in [5.41, 5.74) is -0.777. The fourth-order valence-corrected chi connectivity index (χ4v) is 4.88. The minimum Gasteiger partial charge on any atom is -0.469 e. The highest BCUT2D eigenvalue weighted by Gasteiger charge is 2.70. The highest BCUT2D eigenvalue weighted by molar-refractivity contribution is 5.84. The van der Waals surface area contributed by atoms with Crippen molar-refractivity contribution in [1.29, 1.82) is 0 Å². The van der Waals surface area contributed by atoms with Crippen molar-refractivity contribution in [2.75, 3.05) is 14.2 Å². The van der Waals surface area contributed by atoms with Gasteiger partial charge in [0.1, 0.15) is 0 Å². The Morgan fingerprint density at radius 3 is 2.41 bits per heavy atom. The molecule has 0 spiro atoms. The van der Waals surface area contributed by atoms with Gasteiger partial charge >= 0.3 is 11.9 Å². The summed E-state index contributed by atoms with van der Waals surface area (Å²) >= 11 is 0. The van der Waals surface area contributed by atoms with E-state index in [0.29, 0.717) is 18.3 Å². The van der Waals surface area contributed by atoms with Crippen LogP contribution in [0.5, 0.6) is 0 Å². The average Bonchev–Trinajstić information content (AvgIpc) is 2.72. The molecule has 4 atom stereocenters. The zero-order chi connectivity index (χ0) is 12.3. The minimum absolute atomic E-state index is 0.115. The summed E-state index contributed by atoms with van der Waals surface area (Å²) in [7, 11) is 2.89. The molecule has 0 aliphatic heterocycles. The van der Waals surface area contributed by atoms with Gasteiger partial charge < -0.3 is 9.47 Å². The average molecular weight is 238 g/mol. The van der Waals surface area contributed by atoms with Crippen LogP contribution in [0, 0.1) is 22.7 Å². The van der Waals surface area contributed by atoms with E-state index in [1.165, 1.54) is 14.2 Å². The van der Waals surface area contributed by atoms with E-state index in [1.807, 2.05) is 0 Å². The number of hydrogen-bond donors (Lipinski definition) is 0. The van der Waals surface area contributed by atoms with Crippen LogP contribution in [-0.2, 0) is 19.1 Å². The molecule has 17 heavy (non-hydrogen) atoms. The molecule has 4 unspecified atom stereocenters. The molecular formula is C13H18O4. The smallest absolute Gasteiger partial charge is 0.312 e. The third kappa shape index (κ3) is 1.19. The molecule has 4 bridgehead atoms. The lowest BCUT2D eigenvalue weighted by atomic mass is 9.67. The quantitative estimate of drug-likeness (QED) is 0.685. The number of carbonyl (C=O) groups is 2. The van der Waals surface area contributed by atoms with Gasteiger partial charge in [0.05, 0.1) is 25.0 Å². The topological polar surface area (TPSA) is 52.6 Å². The van der Waals surface area contributed by atoms with Gasteiger partial charge in [-0.3, -0.25) is 9.59 Å². The zero-order valence-electron chi connectivity index (χ0n) is 10.3. The molecule has 0 aromatic rings. The maximum Gasteiger partial charge on any atom is 0.312 e. The Morgan fingerprint density at radius 2 is 1.76 bits per heavy atom. The van der Waals surface area contributed by atoms with Gasteiger partial charge in [0.2, 0.25) is 0 Å². The molecule has 4 fully saturated rings. The van der Waals surface area contributed by atoms with Crippen LogP contribution >= 0.6 is 0 Å². The summed E-state index contributed by atoms with van der Waals surface area (Å²) in [4.78, 5) is 24.1. The third-order valence-corrected chi connectivity index (χ3v) is 5.23. The first-order valence-electron chi connectivity index (χ1n) is 6.23. The normalized spacial score (nSPS) is 46.0. The number of ether oxygens (including phenoxy) is 2. The summed E-state index contributed by atoms with van der Waals surface area (Å²) in [6.45, 7) is 0. The van der Waals surface area contributed by atoms with E-state index in [9.17, 15) is 9.59 Å². The largest absolute Gasteiger partial charge is 0.469 e. The van der Waals surface area contributed by atoms with Gasteiger partial charge in [-0.2, -0.15) is 0 Å². The van der Waals surface area contributed by atoms with Crippen molar-refractivity contribution in [2.45, 2.75) is 32.1 Å². The molecule has 0 heterocycles. The highest BCUT2D eigenvalue weighted by Crippen LogP contribution is 2.70. The molecule has 94 valence electrons. The molecule has 0 N–H and O–H groups in total. The molecule has 4 aliphatic carbocycles. The second-order valence-corrected chi connectivity index (χ2v) is 6.01. The van der Waals surface area contributed by atoms with Crippen molar-refractivity contribution in [3.05, 3.63) is 0 Å². The Balaban J connectivity index is 1.97. The molecule has 0 saturated heterocycles. The first kappa shape index (κ1) is 11.1. The lowest BCUT2D eigenvalue weighted by molar-refractivity contribution is -0.160. The van der Waals surface area contributed by atoms with Gasteiger partial charge in [-0.05, 0) is 43.9 Å². The molecule has 0 aromatic heterocycles. The zero-order valence-corrected chi connectivity index (χ0v) is 10.3. The van der Waals surface area contributed by atoms with E-state index in [2.05, 4.69) is 0 Å². The minimum atomic E-state index is -0.394. The summed E-state index contributed by atoms with van der Waals surface area (Å²) in [6, 6.07) is 0. The van der Waals surface area contributed by atoms with Crippen LogP contribution in [0.2, 0.25) is 0 Å². The summed E-state index contributed by atoms with van der Waals surface area (Å²) < 4.78 is 9.92. The van der Waals surface area contributed by atoms with E-state index in [4.69, 9.17) is 9.47 Å². The molecule has 0 radical (unpaired) electrons. The number of methoxy groups -OCH3 is 2. The SMILES string of the molecule is COC(=O)C12CC3CC(C1)C(C(=O)OC)(C3)C2. The predicted octanol–water partition coefficient (Wildman–Crippen LogP) is 1.53. The van der Waals surface area contributed by atoms with Crippen LogP contribution in [0.15, 0.2) is 0 Å². The van der Waals surface area contributed by atoms with Crippen molar-refractivity contribution in [3.8, 4) is 0 Å². The van der Waals surface area contributed by atoms with Crippen molar-refractivity contribution >= 4 is 11.9 Å². The van der Waals surface area contributed by atoms with Crippen molar-refractivity contribution in [3.63, 3.8) is 0 Å². The Hall–Kier alpha value is -1.06. The van der Waals surface area contributed by atoms with Gasteiger partial charge in [-0.25, -0.2) is 0 Å². The van der Waals surface area contributed by atoms with Gasteiger partial charge in [0, 0.05) is 0 Å². The molecule has 0 amide bonds. The van der Waals surface area contributed by atoms with Gasteiger partial charge in [-0.15, -0.1) is 0 Å². The van der Waals surface area contributed by atoms with Gasteiger partial charge in [0.15, 0.2) is 0 Å². The Kier molecular flexibility index (Phi) is 2.11. The summed E-state index contributed by atoms with van der Waals surface area (Å²) in [5.74, 6) is 0.585. The Morgan fingerprint density at radius 1 is 1.06 bits per heavy atom. The first-order valence-corrected chi connectivity index (χ1v) is 6.23. The number of rotatable bonds is 2. The Bertz CT molecular complexity index is 389. The number of carbonyl (C=O) groups excluding carboxylic acids is 2. The molecule has 4 aliphatic rings. The predicted molar refractivity (Wildman–Crippen MR) is 59.0 cm³/mol. The molecule has 4 heteroatoms. The first-order chi connectivity index (χ1) is 8.06. The van der Waals surface area contributed by atoms with Crippen LogP contribution in [0.4, 0.5) is 0 Å². The van der Waals surface area contributed by atoms with Crippen molar-refractivity contribution in [1.82, 2.24) is 0 Å². The number of hydrogen-bond acceptors (Lipinski definition) is 4. The van der Waals surface area contributed by atoms with Gasteiger partial charge in [-0.1, -0.05) is 0 Å². The van der Waals surface area contributed by atoms with Crippen molar-refractivity contribution in [2.24, 2.45) is 22.7 Å². The maximum atomic E-state index is 12.1. The lowest BCUT2D eigenvalue weighted by Crippen LogP contribution is -2.40. The second kappa shape index (κ2) is 3.24. The second-order valence-electron chi connectivity index (χ2n) is 6.01. The van der Waals surface area contributed by atoms with E-state index in [0.717, 1.165) is 25.7 Å². The summed E-state index contributed by atoms with van der Waals surface area (Å²) in [6.07, 6.45) is 4.33. The third-order valence-electron chi connectivity index (χ3n) is 5.23. The molecular weight excluding hydrogens is 220 g/mol. The van der Waals surface area contributed by atoms with E-state index in [1.54, 1.807) is 0 Å². The van der Waals surface area contributed by atoms with Crippen LogP contribution in [0.25, 0.3) is 0 Å². The standard InChI is InChI=1S/C13H18O4/c1-16-10(14)12-4-8-3-9(6-12)13(5-8,7-12)11(15)17-2/h8-9H,3-7H2,1-2H3. The van der Waals surface area contributed by atoms with E-state index in [-0.39, 0.29) is 17.4 Å². The molecule has 4 nitrogen and oxygen atoms in total. The van der Waals surface area contributed by atoms with E-state index >= 15 is 0 Å². The van der Waals surface area contributed by atoms with Crippen LogP contribution in [-0.4, -0.2) is 26.2 Å². The number of esters is 2. The van der Waals surface area contributed by atoms with Crippen LogP contribution < -0.4 is 0 Å². The fourth-order valence-electron chi connectivity index (χ4n) is 4.88. The molecule has 4 saturated carbocycles. The van der Waals surface area contributed by atoms with Crippen molar-refractivity contribution < 1.29 is 19.1 Å². The maximum absolute atomic E-state index is 12.1. The van der Waals surface area contributed by atoms with Crippen LogP contribution in [0.1, 0.15) is 32.1 Å². The monoisotopic (exact) mass is 238 g/mol. The lowest BCUT2D eigenvalue weighted by Gasteiger charge is -2.37. The Labute approximate surface area is 101 Å². The molecule has 0 aromatic carbocycles. The van der Waals surface area contributed by atoms with E-state index < -0.39 is 5.41 Å². The highest BCUT2D eigenvalue weighted by atomic mass is 16.5. The summed E-state index contributed by atoms with van der Waals surface area (Å²) in [5, 5.41) is 0. The van der Waals surface area contributed by atoms with Crippen LogP contribution in [0.3, 0.4) is 0 Å². The van der Waals surface area contributed by atoms with Gasteiger partial charge in [0.25, 0.3) is 0 Å². The molecule has 4 rings (SSSR count). The fraction of sp³-hybridized carbons (Fsp3) is 0.846.